The van der Waals surface area contributed by atoms with Crippen LogP contribution in [0.4, 0.5) is 5.82 Å². The third-order valence-electron chi connectivity index (χ3n) is 4.07. The second kappa shape index (κ2) is 8.45. The summed E-state index contributed by atoms with van der Waals surface area (Å²) >= 11 is 0. The van der Waals surface area contributed by atoms with Crippen LogP contribution in [-0.2, 0) is 17.6 Å². The first-order valence-corrected chi connectivity index (χ1v) is 9.00. The molecule has 1 amide bonds. The predicted molar refractivity (Wildman–Crippen MR) is 106 cm³/mol. The van der Waals surface area contributed by atoms with Crippen molar-refractivity contribution in [3.8, 4) is 17.0 Å². The van der Waals surface area contributed by atoms with Gasteiger partial charge in [0.1, 0.15) is 5.75 Å². The van der Waals surface area contributed by atoms with Gasteiger partial charge in [0.25, 0.3) is 0 Å². The number of aromatic nitrogens is 2. The van der Waals surface area contributed by atoms with Crippen molar-refractivity contribution in [1.82, 2.24) is 9.97 Å². The van der Waals surface area contributed by atoms with Crippen molar-refractivity contribution >= 4 is 11.7 Å². The number of hydrogen-bond acceptors (Lipinski definition) is 4. The molecule has 2 N–H and O–H groups in total. The number of amides is 1. The molecule has 0 fully saturated rings. The van der Waals surface area contributed by atoms with Crippen molar-refractivity contribution in [3.05, 3.63) is 72.1 Å². The Morgan fingerprint density at radius 2 is 1.78 bits per heavy atom. The smallest absolute Gasteiger partial charge is 0.229 e. The minimum atomic E-state index is -0.113. The van der Waals surface area contributed by atoms with Crippen LogP contribution in [0.5, 0.6) is 5.75 Å². The summed E-state index contributed by atoms with van der Waals surface area (Å²) in [6.07, 6.45) is 2.65. The van der Waals surface area contributed by atoms with Crippen LogP contribution in [-0.4, -0.2) is 21.0 Å². The lowest BCUT2D eigenvalue weighted by atomic mass is 10.1. The zero-order valence-corrected chi connectivity index (χ0v) is 15.5. The molecule has 2 aromatic carbocycles. The van der Waals surface area contributed by atoms with E-state index in [1.807, 2.05) is 30.3 Å². The number of phenols is 1. The molecule has 1 aromatic heterocycles. The van der Waals surface area contributed by atoms with Gasteiger partial charge in [-0.15, -0.1) is 0 Å². The summed E-state index contributed by atoms with van der Waals surface area (Å²) in [4.78, 5) is 21.6. The van der Waals surface area contributed by atoms with Gasteiger partial charge in [-0.25, -0.2) is 9.97 Å². The number of nitrogens with zero attached hydrogens (tertiary/aromatic N) is 2. The first kappa shape index (κ1) is 18.6. The van der Waals surface area contributed by atoms with Crippen LogP contribution in [0.25, 0.3) is 11.3 Å². The third kappa shape index (κ3) is 5.14. The van der Waals surface area contributed by atoms with E-state index in [9.17, 15) is 9.90 Å². The Balaban J connectivity index is 1.83. The van der Waals surface area contributed by atoms with Gasteiger partial charge in [0.2, 0.25) is 5.91 Å². The van der Waals surface area contributed by atoms with Gasteiger partial charge in [-0.3, -0.25) is 4.79 Å². The van der Waals surface area contributed by atoms with E-state index in [0.29, 0.717) is 30.3 Å². The van der Waals surface area contributed by atoms with Gasteiger partial charge < -0.3 is 10.4 Å². The van der Waals surface area contributed by atoms with Crippen LogP contribution in [0.3, 0.4) is 0 Å². The molecular formula is C22H23N3O2. The minimum Gasteiger partial charge on any atom is -0.508 e. The molecule has 5 nitrogen and oxygen atoms in total. The molecule has 0 aliphatic rings. The monoisotopic (exact) mass is 361 g/mol. The normalized spacial score (nSPS) is 10.8. The Labute approximate surface area is 159 Å². The molecule has 27 heavy (non-hydrogen) atoms. The van der Waals surface area contributed by atoms with Crippen LogP contribution in [0.1, 0.15) is 25.1 Å². The Kier molecular flexibility index (Phi) is 5.81. The summed E-state index contributed by atoms with van der Waals surface area (Å²) in [5, 5.41) is 12.4. The minimum absolute atomic E-state index is 0.113. The number of carbonyl (C=O) groups is 1. The standard InChI is InChI=1S/C22H23N3O2/c1-15(2)12-19-22(25-21(27)13-16-6-4-3-5-7-16)23-14-20(24-19)17-8-10-18(26)11-9-17/h3-11,14-15,26H,12-13H2,1-2H3,(H,23,25,27). The Morgan fingerprint density at radius 3 is 2.44 bits per heavy atom. The van der Waals surface area contributed by atoms with E-state index in [-0.39, 0.29) is 11.7 Å². The Hall–Kier alpha value is -3.21. The zero-order chi connectivity index (χ0) is 19.2. The summed E-state index contributed by atoms with van der Waals surface area (Å²) in [6.45, 7) is 4.20. The molecule has 3 rings (SSSR count). The van der Waals surface area contributed by atoms with E-state index >= 15 is 0 Å². The second-order valence-corrected chi connectivity index (χ2v) is 6.91. The molecule has 0 aliphatic heterocycles. The summed E-state index contributed by atoms with van der Waals surface area (Å²) in [5.74, 6) is 0.975. The number of nitrogens with one attached hydrogen (secondary N) is 1. The third-order valence-corrected chi connectivity index (χ3v) is 4.07. The van der Waals surface area contributed by atoms with Crippen LogP contribution in [0.15, 0.2) is 60.8 Å². The van der Waals surface area contributed by atoms with Crippen molar-refractivity contribution < 1.29 is 9.90 Å². The summed E-state index contributed by atoms with van der Waals surface area (Å²) < 4.78 is 0. The second-order valence-electron chi connectivity index (χ2n) is 6.91. The highest BCUT2D eigenvalue weighted by atomic mass is 16.3. The van der Waals surface area contributed by atoms with E-state index in [1.54, 1.807) is 30.5 Å². The van der Waals surface area contributed by atoms with Gasteiger partial charge in [0.15, 0.2) is 5.82 Å². The van der Waals surface area contributed by atoms with Crippen LogP contribution in [0.2, 0.25) is 0 Å². The molecular weight excluding hydrogens is 338 g/mol. The fourth-order valence-electron chi connectivity index (χ4n) is 2.79. The van der Waals surface area contributed by atoms with Gasteiger partial charge in [-0.1, -0.05) is 44.2 Å². The molecule has 0 saturated heterocycles. The van der Waals surface area contributed by atoms with Crippen molar-refractivity contribution in [1.29, 1.82) is 0 Å². The average molecular weight is 361 g/mol. The lowest BCUT2D eigenvalue weighted by Gasteiger charge is -2.13. The molecule has 3 aromatic rings. The maximum absolute atomic E-state index is 12.4. The number of carbonyl (C=O) groups excluding carboxylic acids is 1. The highest BCUT2D eigenvalue weighted by Crippen LogP contribution is 2.23. The van der Waals surface area contributed by atoms with E-state index in [4.69, 9.17) is 4.98 Å². The van der Waals surface area contributed by atoms with Crippen molar-refractivity contribution in [2.24, 2.45) is 5.92 Å². The molecule has 0 atom stereocenters. The maximum Gasteiger partial charge on any atom is 0.229 e. The Bertz CT molecular complexity index is 907. The van der Waals surface area contributed by atoms with E-state index < -0.39 is 0 Å². The number of phenolic OH excluding ortho intramolecular Hbond substituents is 1. The van der Waals surface area contributed by atoms with Gasteiger partial charge >= 0.3 is 0 Å². The molecule has 5 heteroatoms. The van der Waals surface area contributed by atoms with Gasteiger partial charge in [0.05, 0.1) is 24.0 Å². The lowest BCUT2D eigenvalue weighted by Crippen LogP contribution is -2.18. The fraction of sp³-hybridized carbons (Fsp3) is 0.227. The maximum atomic E-state index is 12.4. The first-order valence-electron chi connectivity index (χ1n) is 9.00. The highest BCUT2D eigenvalue weighted by Gasteiger charge is 2.14. The number of benzene rings is 2. The molecule has 138 valence electrons. The zero-order valence-electron chi connectivity index (χ0n) is 15.5. The van der Waals surface area contributed by atoms with Crippen LogP contribution >= 0.6 is 0 Å². The van der Waals surface area contributed by atoms with Gasteiger partial charge in [-0.05, 0) is 42.2 Å². The lowest BCUT2D eigenvalue weighted by molar-refractivity contribution is -0.115. The summed E-state index contributed by atoms with van der Waals surface area (Å²) in [6, 6.07) is 16.4. The summed E-state index contributed by atoms with van der Waals surface area (Å²) in [7, 11) is 0. The number of anilines is 1. The molecule has 0 radical (unpaired) electrons. The molecule has 1 heterocycles. The summed E-state index contributed by atoms with van der Waals surface area (Å²) in [5.41, 5.74) is 3.30. The number of aromatic hydroxyl groups is 1. The van der Waals surface area contributed by atoms with E-state index in [2.05, 4.69) is 24.1 Å². The SMILES string of the molecule is CC(C)Cc1nc(-c2ccc(O)cc2)cnc1NC(=O)Cc1ccccc1. The van der Waals surface area contributed by atoms with E-state index in [1.165, 1.54) is 0 Å². The fourth-order valence-corrected chi connectivity index (χ4v) is 2.79. The first-order chi connectivity index (χ1) is 13.0. The quantitative estimate of drug-likeness (QED) is 0.689. The molecule has 0 bridgehead atoms. The molecule has 0 aliphatic carbocycles. The van der Waals surface area contributed by atoms with Crippen molar-refractivity contribution in [3.63, 3.8) is 0 Å². The van der Waals surface area contributed by atoms with Gasteiger partial charge in [0, 0.05) is 5.56 Å². The number of rotatable bonds is 6. The van der Waals surface area contributed by atoms with Crippen LogP contribution in [0, 0.1) is 5.92 Å². The highest BCUT2D eigenvalue weighted by molar-refractivity contribution is 5.91. The van der Waals surface area contributed by atoms with E-state index in [0.717, 1.165) is 16.8 Å². The molecule has 0 spiro atoms. The van der Waals surface area contributed by atoms with Gasteiger partial charge in [-0.2, -0.15) is 0 Å². The van der Waals surface area contributed by atoms with Crippen molar-refractivity contribution in [2.45, 2.75) is 26.7 Å². The topological polar surface area (TPSA) is 75.1 Å². The largest absolute Gasteiger partial charge is 0.508 e. The number of hydrogen-bond donors (Lipinski definition) is 2. The molecule has 0 saturated carbocycles. The van der Waals surface area contributed by atoms with Crippen molar-refractivity contribution in [2.75, 3.05) is 5.32 Å². The Morgan fingerprint density at radius 1 is 1.07 bits per heavy atom. The predicted octanol–water partition coefficient (Wildman–Crippen LogP) is 4.23. The molecule has 0 unspecified atom stereocenters. The van der Waals surface area contributed by atoms with Crippen LogP contribution < -0.4 is 5.32 Å². The average Bonchev–Trinajstić information content (AvgIpc) is 2.64.